The van der Waals surface area contributed by atoms with Crippen molar-refractivity contribution in [1.82, 2.24) is 4.90 Å². The van der Waals surface area contributed by atoms with Gasteiger partial charge in [-0.15, -0.1) is 0 Å². The van der Waals surface area contributed by atoms with Crippen molar-refractivity contribution in [2.75, 3.05) is 31.1 Å². The highest BCUT2D eigenvalue weighted by Gasteiger charge is 2.29. The van der Waals surface area contributed by atoms with Gasteiger partial charge in [-0.3, -0.25) is 14.9 Å². The summed E-state index contributed by atoms with van der Waals surface area (Å²) in [6, 6.07) is 10.8. The summed E-state index contributed by atoms with van der Waals surface area (Å²) in [5.74, 6) is 0.774. The monoisotopic (exact) mass is 423 g/mol. The third-order valence-corrected chi connectivity index (χ3v) is 6.23. The van der Waals surface area contributed by atoms with Gasteiger partial charge in [0, 0.05) is 51.2 Å². The van der Waals surface area contributed by atoms with Crippen LogP contribution in [-0.4, -0.2) is 48.0 Å². The first-order chi connectivity index (χ1) is 14.9. The molecule has 0 radical (unpaired) electrons. The van der Waals surface area contributed by atoms with E-state index in [0.717, 1.165) is 61.3 Å². The maximum absolute atomic E-state index is 13.4. The van der Waals surface area contributed by atoms with Crippen LogP contribution >= 0.6 is 0 Å². The van der Waals surface area contributed by atoms with Crippen molar-refractivity contribution >= 4 is 17.3 Å². The van der Waals surface area contributed by atoms with Crippen LogP contribution in [0.4, 0.5) is 11.4 Å². The highest BCUT2D eigenvalue weighted by atomic mass is 16.6. The van der Waals surface area contributed by atoms with Crippen LogP contribution in [0.25, 0.3) is 0 Å². The minimum Gasteiger partial charge on any atom is -0.490 e. The molecular weight excluding hydrogens is 394 g/mol. The molecule has 2 saturated heterocycles. The number of carbonyl (C=O) groups is 1. The number of likely N-dealkylation sites (tertiary alicyclic amines) is 1. The van der Waals surface area contributed by atoms with E-state index in [1.54, 1.807) is 6.07 Å². The highest BCUT2D eigenvalue weighted by molar-refractivity contribution is 6.00. The predicted octanol–water partition coefficient (Wildman–Crippen LogP) is 4.50. The van der Waals surface area contributed by atoms with Gasteiger partial charge in [0.2, 0.25) is 0 Å². The second-order valence-electron chi connectivity index (χ2n) is 8.53. The molecule has 0 unspecified atom stereocenters. The molecule has 0 atom stereocenters. The number of benzene rings is 2. The zero-order chi connectivity index (χ0) is 22.0. The second kappa shape index (κ2) is 8.96. The molecule has 2 aliphatic rings. The van der Waals surface area contributed by atoms with E-state index in [1.165, 1.54) is 12.1 Å². The number of hydrogen-bond donors (Lipinski definition) is 0. The minimum atomic E-state index is -0.436. The Hall–Kier alpha value is -3.09. The number of amides is 1. The first-order valence-corrected chi connectivity index (χ1v) is 11.0. The zero-order valence-electron chi connectivity index (χ0n) is 18.2. The van der Waals surface area contributed by atoms with Crippen LogP contribution in [0, 0.1) is 24.0 Å². The molecular formula is C24H29N3O4. The Morgan fingerprint density at radius 2 is 1.74 bits per heavy atom. The summed E-state index contributed by atoms with van der Waals surface area (Å²) in [5, 5.41) is 11.3. The number of piperidine rings is 1. The topological polar surface area (TPSA) is 75.9 Å². The lowest BCUT2D eigenvalue weighted by molar-refractivity contribution is -0.384. The largest absolute Gasteiger partial charge is 0.490 e. The number of ether oxygens (including phenoxy) is 1. The van der Waals surface area contributed by atoms with Crippen molar-refractivity contribution in [2.45, 2.75) is 45.6 Å². The third-order valence-electron chi connectivity index (χ3n) is 6.23. The fraction of sp³-hybridized carbons (Fsp3) is 0.458. The molecule has 0 saturated carbocycles. The molecule has 2 aliphatic heterocycles. The summed E-state index contributed by atoms with van der Waals surface area (Å²) in [6.45, 7) is 7.00. The van der Waals surface area contributed by atoms with Crippen LogP contribution in [0.3, 0.4) is 0 Å². The number of non-ortho nitro benzene ring substituents is 1. The quantitative estimate of drug-likeness (QED) is 0.523. The van der Waals surface area contributed by atoms with E-state index in [2.05, 4.69) is 23.1 Å². The predicted molar refractivity (Wildman–Crippen MR) is 120 cm³/mol. The molecule has 1 amide bonds. The average Bonchev–Trinajstić information content (AvgIpc) is 3.30. The molecule has 0 N–H and O–H groups in total. The van der Waals surface area contributed by atoms with E-state index in [4.69, 9.17) is 4.74 Å². The second-order valence-corrected chi connectivity index (χ2v) is 8.53. The Kier molecular flexibility index (Phi) is 6.11. The maximum atomic E-state index is 13.4. The molecule has 0 aliphatic carbocycles. The van der Waals surface area contributed by atoms with Gasteiger partial charge in [-0.05, 0) is 49.9 Å². The van der Waals surface area contributed by atoms with Crippen molar-refractivity contribution in [3.8, 4) is 5.75 Å². The number of anilines is 1. The van der Waals surface area contributed by atoms with Crippen molar-refractivity contribution in [3.05, 3.63) is 63.2 Å². The van der Waals surface area contributed by atoms with E-state index in [1.807, 2.05) is 18.7 Å². The van der Waals surface area contributed by atoms with Crippen molar-refractivity contribution in [2.24, 2.45) is 0 Å². The van der Waals surface area contributed by atoms with Gasteiger partial charge in [0.05, 0.1) is 16.2 Å². The van der Waals surface area contributed by atoms with Crippen LogP contribution in [-0.2, 0) is 0 Å². The number of rotatable bonds is 5. The third kappa shape index (κ3) is 4.65. The van der Waals surface area contributed by atoms with Gasteiger partial charge in [0.1, 0.15) is 11.9 Å². The van der Waals surface area contributed by atoms with Crippen molar-refractivity contribution < 1.29 is 14.5 Å². The average molecular weight is 424 g/mol. The first-order valence-electron chi connectivity index (χ1n) is 11.0. The lowest BCUT2D eigenvalue weighted by Crippen LogP contribution is -2.42. The summed E-state index contributed by atoms with van der Waals surface area (Å²) in [6.07, 6.45) is 3.70. The molecule has 2 fully saturated rings. The SMILES string of the molecule is Cc1ccc(C)c(OC2CCN(C(=O)c3cc([N+](=O)[O-])ccc3N3CCCC3)CC2)c1. The molecule has 4 rings (SSSR count). The van der Waals surface area contributed by atoms with E-state index >= 15 is 0 Å². The summed E-state index contributed by atoms with van der Waals surface area (Å²) in [4.78, 5) is 28.2. The fourth-order valence-corrected chi connectivity index (χ4v) is 4.40. The fourth-order valence-electron chi connectivity index (χ4n) is 4.40. The van der Waals surface area contributed by atoms with E-state index < -0.39 is 4.92 Å². The van der Waals surface area contributed by atoms with Crippen LogP contribution in [0.5, 0.6) is 5.75 Å². The van der Waals surface area contributed by atoms with E-state index in [0.29, 0.717) is 18.7 Å². The Morgan fingerprint density at radius 3 is 2.42 bits per heavy atom. The Morgan fingerprint density at radius 1 is 1.03 bits per heavy atom. The Bertz CT molecular complexity index is 977. The molecule has 0 aromatic heterocycles. The van der Waals surface area contributed by atoms with Gasteiger partial charge in [0.25, 0.3) is 11.6 Å². The molecule has 164 valence electrons. The number of nitrogens with zero attached hydrogens (tertiary/aromatic N) is 3. The molecule has 2 heterocycles. The lowest BCUT2D eigenvalue weighted by Gasteiger charge is -2.33. The van der Waals surface area contributed by atoms with Gasteiger partial charge in [-0.2, -0.15) is 0 Å². The summed E-state index contributed by atoms with van der Waals surface area (Å²) < 4.78 is 6.22. The molecule has 0 spiro atoms. The molecule has 7 nitrogen and oxygen atoms in total. The smallest absolute Gasteiger partial charge is 0.270 e. The maximum Gasteiger partial charge on any atom is 0.270 e. The molecule has 2 aromatic carbocycles. The minimum absolute atomic E-state index is 0.0422. The van der Waals surface area contributed by atoms with Crippen LogP contribution in [0.1, 0.15) is 47.2 Å². The van der Waals surface area contributed by atoms with Crippen molar-refractivity contribution in [1.29, 1.82) is 0 Å². The highest BCUT2D eigenvalue weighted by Crippen LogP contribution is 2.31. The Balaban J connectivity index is 1.47. The summed E-state index contributed by atoms with van der Waals surface area (Å²) in [5.41, 5.74) is 3.47. The lowest BCUT2D eigenvalue weighted by atomic mass is 10.0. The van der Waals surface area contributed by atoms with Crippen molar-refractivity contribution in [3.63, 3.8) is 0 Å². The molecule has 0 bridgehead atoms. The molecule has 31 heavy (non-hydrogen) atoms. The number of carbonyl (C=O) groups excluding carboxylic acids is 1. The number of aryl methyl sites for hydroxylation is 2. The van der Waals surface area contributed by atoms with Gasteiger partial charge >= 0.3 is 0 Å². The summed E-state index contributed by atoms with van der Waals surface area (Å²) in [7, 11) is 0. The number of nitro benzene ring substituents is 1. The molecule has 7 heteroatoms. The van der Waals surface area contributed by atoms with Crippen LogP contribution in [0.2, 0.25) is 0 Å². The number of hydrogen-bond acceptors (Lipinski definition) is 5. The van der Waals surface area contributed by atoms with Gasteiger partial charge in [0.15, 0.2) is 0 Å². The van der Waals surface area contributed by atoms with Crippen LogP contribution in [0.15, 0.2) is 36.4 Å². The van der Waals surface area contributed by atoms with Gasteiger partial charge < -0.3 is 14.5 Å². The first kappa shape index (κ1) is 21.2. The normalized spacial score (nSPS) is 17.1. The molecule has 2 aromatic rings. The zero-order valence-corrected chi connectivity index (χ0v) is 18.2. The van der Waals surface area contributed by atoms with E-state index in [9.17, 15) is 14.9 Å². The summed E-state index contributed by atoms with van der Waals surface area (Å²) >= 11 is 0. The van der Waals surface area contributed by atoms with E-state index in [-0.39, 0.29) is 17.7 Å². The van der Waals surface area contributed by atoms with Gasteiger partial charge in [-0.25, -0.2) is 0 Å². The Labute approximate surface area is 182 Å². The number of nitro groups is 1. The standard InChI is InChI=1S/C24H29N3O4/c1-17-5-6-18(2)23(15-17)31-20-9-13-26(14-10-20)24(28)21-16-19(27(29)30)7-8-22(21)25-11-3-4-12-25/h5-8,15-16,20H,3-4,9-14H2,1-2H3. The van der Waals surface area contributed by atoms with Gasteiger partial charge in [-0.1, -0.05) is 12.1 Å². The van der Waals surface area contributed by atoms with Crippen LogP contribution < -0.4 is 9.64 Å².